The lowest BCUT2D eigenvalue weighted by Gasteiger charge is -2.12. The molecule has 0 unspecified atom stereocenters. The van der Waals surface area contributed by atoms with E-state index in [1.165, 1.54) is 11.8 Å². The quantitative estimate of drug-likeness (QED) is 0.0775. The molecule has 9 heteroatoms. The van der Waals surface area contributed by atoms with E-state index in [4.69, 9.17) is 4.74 Å². The van der Waals surface area contributed by atoms with Crippen LogP contribution >= 0.6 is 27.7 Å². The standard InChI is InChI=1S/C34H32BrN3O4S/c1-2-3-21-42-29-17-13-27(14-18-29)36-32(39)23-43-30-19-15-28(16-20-30)37-34(41)31(22-24-9-11-26(35)12-10-24)38-33(40)25-7-5-4-6-8-25/h4-20,22H,2-3,21,23H2,1H3,(H,36,39)(H,37,41)(H,38,40)/b31-22-. The molecule has 3 N–H and O–H groups in total. The molecular weight excluding hydrogens is 626 g/mol. The van der Waals surface area contributed by atoms with Crippen LogP contribution in [0.1, 0.15) is 35.7 Å². The van der Waals surface area contributed by atoms with Crippen molar-refractivity contribution in [1.82, 2.24) is 5.32 Å². The second-order valence-electron chi connectivity index (χ2n) is 9.47. The molecule has 4 aromatic carbocycles. The zero-order chi connectivity index (χ0) is 30.4. The minimum absolute atomic E-state index is 0.104. The highest BCUT2D eigenvalue weighted by Crippen LogP contribution is 2.22. The van der Waals surface area contributed by atoms with E-state index in [9.17, 15) is 14.4 Å². The first-order chi connectivity index (χ1) is 20.9. The molecule has 0 aliphatic carbocycles. The monoisotopic (exact) mass is 657 g/mol. The third-order valence-electron chi connectivity index (χ3n) is 6.10. The van der Waals surface area contributed by atoms with Crippen molar-refractivity contribution in [2.75, 3.05) is 23.0 Å². The Morgan fingerprint density at radius 3 is 2.14 bits per heavy atom. The van der Waals surface area contributed by atoms with Gasteiger partial charge in [0.05, 0.1) is 12.4 Å². The SMILES string of the molecule is CCCCOc1ccc(NC(=O)CSc2ccc(NC(=O)/C(=C/c3ccc(Br)cc3)NC(=O)c3ccccc3)cc2)cc1. The maximum Gasteiger partial charge on any atom is 0.272 e. The minimum atomic E-state index is -0.464. The van der Waals surface area contributed by atoms with Crippen LogP contribution in [0.4, 0.5) is 11.4 Å². The highest BCUT2D eigenvalue weighted by molar-refractivity contribution is 9.10. The van der Waals surface area contributed by atoms with Crippen molar-refractivity contribution in [2.45, 2.75) is 24.7 Å². The van der Waals surface area contributed by atoms with Gasteiger partial charge in [0.2, 0.25) is 5.91 Å². The number of amides is 3. The first kappa shape index (κ1) is 31.6. The van der Waals surface area contributed by atoms with Gasteiger partial charge in [0, 0.05) is 26.3 Å². The lowest BCUT2D eigenvalue weighted by atomic mass is 10.1. The third-order valence-corrected chi connectivity index (χ3v) is 7.64. The van der Waals surface area contributed by atoms with E-state index in [2.05, 4.69) is 38.8 Å². The van der Waals surface area contributed by atoms with E-state index < -0.39 is 5.91 Å². The van der Waals surface area contributed by atoms with Gasteiger partial charge >= 0.3 is 0 Å². The number of unbranched alkanes of at least 4 members (excludes halogenated alkanes) is 1. The summed E-state index contributed by atoms with van der Waals surface area (Å²) in [5.41, 5.74) is 2.55. The topological polar surface area (TPSA) is 96.5 Å². The van der Waals surface area contributed by atoms with Gasteiger partial charge in [-0.15, -0.1) is 11.8 Å². The number of nitrogens with one attached hydrogen (secondary N) is 3. The van der Waals surface area contributed by atoms with Crippen LogP contribution in [0.3, 0.4) is 0 Å². The molecule has 0 heterocycles. The molecule has 0 aliphatic rings. The van der Waals surface area contributed by atoms with Gasteiger partial charge in [-0.1, -0.05) is 59.6 Å². The molecular formula is C34H32BrN3O4S. The van der Waals surface area contributed by atoms with Crippen molar-refractivity contribution in [2.24, 2.45) is 0 Å². The van der Waals surface area contributed by atoms with Gasteiger partial charge in [0.25, 0.3) is 11.8 Å². The van der Waals surface area contributed by atoms with Gasteiger partial charge in [0.15, 0.2) is 0 Å². The number of halogens is 1. The second kappa shape index (κ2) is 16.3. The van der Waals surface area contributed by atoms with Crippen molar-refractivity contribution in [1.29, 1.82) is 0 Å². The first-order valence-corrected chi connectivity index (χ1v) is 15.6. The van der Waals surface area contributed by atoms with E-state index in [1.54, 1.807) is 42.5 Å². The molecule has 0 bridgehead atoms. The number of rotatable bonds is 13. The maximum absolute atomic E-state index is 13.2. The van der Waals surface area contributed by atoms with Crippen molar-refractivity contribution in [3.63, 3.8) is 0 Å². The lowest BCUT2D eigenvalue weighted by Crippen LogP contribution is -2.30. The number of carbonyl (C=O) groups excluding carboxylic acids is 3. The summed E-state index contributed by atoms with van der Waals surface area (Å²) >= 11 is 4.79. The van der Waals surface area contributed by atoms with Gasteiger partial charge in [-0.3, -0.25) is 14.4 Å². The molecule has 0 aromatic heterocycles. The Bertz CT molecular complexity index is 1540. The Morgan fingerprint density at radius 1 is 0.814 bits per heavy atom. The normalized spacial score (nSPS) is 11.0. The second-order valence-corrected chi connectivity index (χ2v) is 11.4. The van der Waals surface area contributed by atoms with Crippen molar-refractivity contribution in [3.05, 3.63) is 124 Å². The van der Waals surface area contributed by atoms with E-state index in [-0.39, 0.29) is 23.3 Å². The number of anilines is 2. The fourth-order valence-corrected chi connectivity index (χ4v) is 4.78. The Balaban J connectivity index is 1.33. The van der Waals surface area contributed by atoms with Gasteiger partial charge < -0.3 is 20.7 Å². The van der Waals surface area contributed by atoms with Crippen LogP contribution in [0.2, 0.25) is 0 Å². The Hall–Kier alpha value is -4.34. The molecule has 0 saturated heterocycles. The molecule has 0 spiro atoms. The summed E-state index contributed by atoms with van der Waals surface area (Å²) in [5.74, 6) is 0.0297. The smallest absolute Gasteiger partial charge is 0.272 e. The Labute approximate surface area is 264 Å². The van der Waals surface area contributed by atoms with Crippen LogP contribution < -0.4 is 20.7 Å². The predicted molar refractivity (Wildman–Crippen MR) is 177 cm³/mol. The van der Waals surface area contributed by atoms with E-state index >= 15 is 0 Å². The van der Waals surface area contributed by atoms with Crippen LogP contribution in [-0.2, 0) is 9.59 Å². The fourth-order valence-electron chi connectivity index (χ4n) is 3.82. The molecule has 0 atom stereocenters. The van der Waals surface area contributed by atoms with Gasteiger partial charge in [-0.2, -0.15) is 0 Å². The molecule has 0 radical (unpaired) electrons. The highest BCUT2D eigenvalue weighted by Gasteiger charge is 2.15. The highest BCUT2D eigenvalue weighted by atomic mass is 79.9. The average molecular weight is 659 g/mol. The summed E-state index contributed by atoms with van der Waals surface area (Å²) in [4.78, 5) is 39.4. The van der Waals surface area contributed by atoms with Crippen LogP contribution in [0.5, 0.6) is 5.75 Å². The van der Waals surface area contributed by atoms with E-state index in [0.717, 1.165) is 33.5 Å². The molecule has 0 fully saturated rings. The summed E-state index contributed by atoms with van der Waals surface area (Å²) in [6.45, 7) is 2.79. The van der Waals surface area contributed by atoms with Crippen molar-refractivity contribution >= 4 is 62.9 Å². The number of benzene rings is 4. The van der Waals surface area contributed by atoms with E-state index in [1.807, 2.05) is 66.7 Å². The Kier molecular flexibility index (Phi) is 12.0. The van der Waals surface area contributed by atoms with Crippen molar-refractivity contribution < 1.29 is 19.1 Å². The van der Waals surface area contributed by atoms with Crippen LogP contribution in [0, 0.1) is 0 Å². The van der Waals surface area contributed by atoms with E-state index in [0.29, 0.717) is 23.5 Å². The van der Waals surface area contributed by atoms with Crippen molar-refractivity contribution in [3.8, 4) is 5.75 Å². The molecule has 220 valence electrons. The average Bonchev–Trinajstić information content (AvgIpc) is 3.03. The molecule has 4 aromatic rings. The van der Waals surface area contributed by atoms with Gasteiger partial charge in [0.1, 0.15) is 11.4 Å². The molecule has 0 saturated carbocycles. The summed E-state index contributed by atoms with van der Waals surface area (Å²) in [5, 5.41) is 8.47. The zero-order valence-corrected chi connectivity index (χ0v) is 26.0. The van der Waals surface area contributed by atoms with Crippen LogP contribution in [-0.4, -0.2) is 30.1 Å². The molecule has 7 nitrogen and oxygen atoms in total. The number of hydrogen-bond donors (Lipinski definition) is 3. The molecule has 3 amide bonds. The number of ether oxygens (including phenoxy) is 1. The minimum Gasteiger partial charge on any atom is -0.494 e. The number of carbonyl (C=O) groups is 3. The number of thioether (sulfide) groups is 1. The van der Waals surface area contributed by atoms with Crippen LogP contribution in [0.25, 0.3) is 6.08 Å². The number of hydrogen-bond acceptors (Lipinski definition) is 5. The summed E-state index contributed by atoms with van der Waals surface area (Å²) < 4.78 is 6.56. The lowest BCUT2D eigenvalue weighted by molar-refractivity contribution is -0.114. The zero-order valence-electron chi connectivity index (χ0n) is 23.6. The van der Waals surface area contributed by atoms with Gasteiger partial charge in [-0.05, 0) is 90.9 Å². The predicted octanol–water partition coefficient (Wildman–Crippen LogP) is 7.77. The largest absolute Gasteiger partial charge is 0.494 e. The molecule has 0 aliphatic heterocycles. The summed E-state index contributed by atoms with van der Waals surface area (Å²) in [6.07, 6.45) is 3.70. The summed E-state index contributed by atoms with van der Waals surface area (Å²) in [7, 11) is 0. The first-order valence-electron chi connectivity index (χ1n) is 13.8. The third kappa shape index (κ3) is 10.5. The molecule has 43 heavy (non-hydrogen) atoms. The molecule has 4 rings (SSSR count). The summed E-state index contributed by atoms with van der Waals surface area (Å²) in [6, 6.07) is 30.6. The fraction of sp³-hybridized carbons (Fsp3) is 0.147. The maximum atomic E-state index is 13.2. The van der Waals surface area contributed by atoms with Gasteiger partial charge in [-0.25, -0.2) is 0 Å². The Morgan fingerprint density at radius 2 is 1.47 bits per heavy atom. The van der Waals surface area contributed by atoms with Crippen LogP contribution in [0.15, 0.2) is 118 Å².